The SMILES string of the molecule is CC(C)CC(CN)NS(=O)(=O)c1cccc2cnccc12. The Hall–Kier alpha value is -1.50. The maximum atomic E-state index is 12.6. The van der Waals surface area contributed by atoms with E-state index in [9.17, 15) is 8.42 Å². The average Bonchev–Trinajstić information content (AvgIpc) is 2.45. The van der Waals surface area contributed by atoms with Gasteiger partial charge in [0, 0.05) is 35.8 Å². The minimum atomic E-state index is -3.60. The van der Waals surface area contributed by atoms with Gasteiger partial charge in [0.05, 0.1) is 4.90 Å². The molecule has 0 spiro atoms. The van der Waals surface area contributed by atoms with Gasteiger partial charge >= 0.3 is 0 Å². The Morgan fingerprint density at radius 2 is 2.05 bits per heavy atom. The molecule has 0 saturated carbocycles. The Morgan fingerprint density at radius 1 is 1.29 bits per heavy atom. The molecule has 3 N–H and O–H groups in total. The molecule has 1 aromatic carbocycles. The third-order valence-corrected chi connectivity index (χ3v) is 4.87. The number of sulfonamides is 1. The first-order valence-electron chi connectivity index (χ1n) is 6.99. The number of fused-ring (bicyclic) bond motifs is 1. The molecule has 0 aliphatic carbocycles. The van der Waals surface area contributed by atoms with Gasteiger partial charge in [-0.2, -0.15) is 0 Å². The first kappa shape index (κ1) is 15.9. The van der Waals surface area contributed by atoms with Gasteiger partial charge in [0.25, 0.3) is 0 Å². The number of nitrogens with two attached hydrogens (primary N) is 1. The Labute approximate surface area is 125 Å². The fourth-order valence-electron chi connectivity index (χ4n) is 2.37. The zero-order valence-electron chi connectivity index (χ0n) is 12.3. The van der Waals surface area contributed by atoms with Crippen molar-refractivity contribution >= 4 is 20.8 Å². The molecular formula is C15H21N3O2S. The van der Waals surface area contributed by atoms with Gasteiger partial charge in [-0.15, -0.1) is 0 Å². The second-order valence-electron chi connectivity index (χ2n) is 5.54. The lowest BCUT2D eigenvalue weighted by atomic mass is 10.1. The first-order valence-corrected chi connectivity index (χ1v) is 8.47. The second kappa shape index (κ2) is 6.51. The number of hydrogen-bond acceptors (Lipinski definition) is 4. The van der Waals surface area contributed by atoms with Gasteiger partial charge < -0.3 is 5.73 Å². The normalized spacial score (nSPS) is 13.7. The van der Waals surface area contributed by atoms with Crippen LogP contribution in [0, 0.1) is 5.92 Å². The highest BCUT2D eigenvalue weighted by Crippen LogP contribution is 2.22. The van der Waals surface area contributed by atoms with Crippen molar-refractivity contribution < 1.29 is 8.42 Å². The molecule has 2 aromatic rings. The molecule has 0 radical (unpaired) electrons. The van der Waals surface area contributed by atoms with E-state index in [4.69, 9.17) is 5.73 Å². The second-order valence-corrected chi connectivity index (χ2v) is 7.22. The van der Waals surface area contributed by atoms with E-state index in [1.54, 1.807) is 30.6 Å². The Kier molecular flexibility index (Phi) is 4.92. The van der Waals surface area contributed by atoms with Gasteiger partial charge in [0.1, 0.15) is 0 Å². The summed E-state index contributed by atoms with van der Waals surface area (Å²) in [6.07, 6.45) is 3.96. The molecule has 2 rings (SSSR count). The average molecular weight is 307 g/mol. The number of benzene rings is 1. The molecule has 0 amide bonds. The Morgan fingerprint density at radius 3 is 2.71 bits per heavy atom. The summed E-state index contributed by atoms with van der Waals surface area (Å²) in [4.78, 5) is 4.29. The summed E-state index contributed by atoms with van der Waals surface area (Å²) >= 11 is 0. The molecule has 0 aliphatic rings. The van der Waals surface area contributed by atoms with Crippen LogP contribution in [0.3, 0.4) is 0 Å². The van der Waals surface area contributed by atoms with Gasteiger partial charge in [-0.05, 0) is 24.5 Å². The van der Waals surface area contributed by atoms with Crippen LogP contribution in [0.25, 0.3) is 10.8 Å². The minimum Gasteiger partial charge on any atom is -0.329 e. The Balaban J connectivity index is 2.38. The number of hydrogen-bond donors (Lipinski definition) is 2. The maximum absolute atomic E-state index is 12.6. The summed E-state index contributed by atoms with van der Waals surface area (Å²) in [5.41, 5.74) is 5.68. The molecule has 0 aliphatic heterocycles. The van der Waals surface area contributed by atoms with Gasteiger partial charge in [0.15, 0.2) is 0 Å². The lowest BCUT2D eigenvalue weighted by Gasteiger charge is -2.19. The van der Waals surface area contributed by atoms with E-state index in [-0.39, 0.29) is 17.5 Å². The zero-order valence-corrected chi connectivity index (χ0v) is 13.1. The van der Waals surface area contributed by atoms with Crippen molar-refractivity contribution in [3.8, 4) is 0 Å². The molecule has 1 heterocycles. The van der Waals surface area contributed by atoms with E-state index in [1.165, 1.54) is 0 Å². The number of pyridine rings is 1. The predicted molar refractivity (Wildman–Crippen MR) is 84.4 cm³/mol. The molecule has 114 valence electrons. The van der Waals surface area contributed by atoms with Crippen molar-refractivity contribution in [1.82, 2.24) is 9.71 Å². The highest BCUT2D eigenvalue weighted by Gasteiger charge is 2.21. The molecule has 1 atom stereocenters. The van der Waals surface area contributed by atoms with Crippen LogP contribution in [0.5, 0.6) is 0 Å². The number of nitrogens with one attached hydrogen (secondary N) is 1. The summed E-state index contributed by atoms with van der Waals surface area (Å²) in [6.45, 7) is 4.37. The van der Waals surface area contributed by atoms with Crippen LogP contribution in [-0.2, 0) is 10.0 Å². The van der Waals surface area contributed by atoms with Crippen LogP contribution in [0.4, 0.5) is 0 Å². The van der Waals surface area contributed by atoms with Crippen molar-refractivity contribution in [2.45, 2.75) is 31.2 Å². The largest absolute Gasteiger partial charge is 0.329 e. The van der Waals surface area contributed by atoms with Crippen molar-refractivity contribution in [1.29, 1.82) is 0 Å². The minimum absolute atomic E-state index is 0.257. The molecule has 21 heavy (non-hydrogen) atoms. The van der Waals surface area contributed by atoms with Crippen LogP contribution in [0.15, 0.2) is 41.6 Å². The van der Waals surface area contributed by atoms with E-state index in [0.717, 1.165) is 5.39 Å². The Bertz CT molecular complexity index is 708. The van der Waals surface area contributed by atoms with E-state index < -0.39 is 10.0 Å². The first-order chi connectivity index (χ1) is 9.94. The highest BCUT2D eigenvalue weighted by molar-refractivity contribution is 7.89. The number of aromatic nitrogens is 1. The quantitative estimate of drug-likeness (QED) is 0.853. The van der Waals surface area contributed by atoms with Crippen LogP contribution in [0.1, 0.15) is 20.3 Å². The lowest BCUT2D eigenvalue weighted by molar-refractivity contribution is 0.465. The predicted octanol–water partition coefficient (Wildman–Crippen LogP) is 1.89. The molecule has 1 unspecified atom stereocenters. The topological polar surface area (TPSA) is 85.1 Å². The third kappa shape index (κ3) is 3.78. The van der Waals surface area contributed by atoms with E-state index >= 15 is 0 Å². The highest BCUT2D eigenvalue weighted by atomic mass is 32.2. The number of rotatable bonds is 6. The molecule has 6 heteroatoms. The fraction of sp³-hybridized carbons (Fsp3) is 0.400. The van der Waals surface area contributed by atoms with Gasteiger partial charge in [-0.3, -0.25) is 4.98 Å². The maximum Gasteiger partial charge on any atom is 0.241 e. The van der Waals surface area contributed by atoms with Gasteiger partial charge in [0.2, 0.25) is 10.0 Å². The third-order valence-electron chi connectivity index (χ3n) is 3.29. The van der Waals surface area contributed by atoms with Crippen molar-refractivity contribution in [3.63, 3.8) is 0 Å². The van der Waals surface area contributed by atoms with Crippen LogP contribution >= 0.6 is 0 Å². The fourth-order valence-corrected chi connectivity index (χ4v) is 3.86. The standard InChI is InChI=1S/C15H21N3O2S/c1-11(2)8-13(9-16)18-21(19,20)15-5-3-4-12-10-17-7-6-14(12)15/h3-7,10-11,13,18H,8-9,16H2,1-2H3. The molecule has 5 nitrogen and oxygen atoms in total. The lowest BCUT2D eigenvalue weighted by Crippen LogP contribution is -2.41. The molecular weight excluding hydrogens is 286 g/mol. The molecule has 0 bridgehead atoms. The molecule has 0 saturated heterocycles. The van der Waals surface area contributed by atoms with Gasteiger partial charge in [-0.1, -0.05) is 26.0 Å². The smallest absolute Gasteiger partial charge is 0.241 e. The summed E-state index contributed by atoms with van der Waals surface area (Å²) in [5.74, 6) is 0.373. The van der Waals surface area contributed by atoms with E-state index in [0.29, 0.717) is 17.7 Å². The van der Waals surface area contributed by atoms with E-state index in [1.807, 2.05) is 19.9 Å². The van der Waals surface area contributed by atoms with Crippen LogP contribution in [-0.4, -0.2) is 26.0 Å². The summed E-state index contributed by atoms with van der Waals surface area (Å²) in [5, 5.41) is 1.47. The van der Waals surface area contributed by atoms with Crippen LogP contribution < -0.4 is 10.5 Å². The van der Waals surface area contributed by atoms with E-state index in [2.05, 4.69) is 9.71 Å². The van der Waals surface area contributed by atoms with Crippen molar-refractivity contribution in [2.24, 2.45) is 11.7 Å². The van der Waals surface area contributed by atoms with Crippen LogP contribution in [0.2, 0.25) is 0 Å². The molecule has 0 fully saturated rings. The molecule has 1 aromatic heterocycles. The summed E-state index contributed by atoms with van der Waals surface area (Å²) < 4.78 is 27.9. The monoisotopic (exact) mass is 307 g/mol. The summed E-state index contributed by atoms with van der Waals surface area (Å²) in [7, 11) is -3.60. The number of nitrogens with zero attached hydrogens (tertiary/aromatic N) is 1. The van der Waals surface area contributed by atoms with Crippen molar-refractivity contribution in [2.75, 3.05) is 6.54 Å². The van der Waals surface area contributed by atoms with Gasteiger partial charge in [-0.25, -0.2) is 13.1 Å². The zero-order chi connectivity index (χ0) is 15.5. The summed E-state index contributed by atoms with van der Waals surface area (Å²) in [6, 6.07) is 6.62. The van der Waals surface area contributed by atoms with Crippen molar-refractivity contribution in [3.05, 3.63) is 36.7 Å².